The third-order valence-electron chi connectivity index (χ3n) is 3.37. The van der Waals surface area contributed by atoms with Gasteiger partial charge in [-0.25, -0.2) is 0 Å². The third-order valence-corrected chi connectivity index (χ3v) is 4.55. The number of benzene rings is 1. The van der Waals surface area contributed by atoms with Crippen molar-refractivity contribution in [3.05, 3.63) is 57.3 Å². The molecule has 0 unspecified atom stereocenters. The quantitative estimate of drug-likeness (QED) is 0.857. The van der Waals surface area contributed by atoms with Crippen LogP contribution in [0.3, 0.4) is 0 Å². The molecule has 1 aromatic heterocycles. The predicted molar refractivity (Wildman–Crippen MR) is 90.0 cm³/mol. The third kappa shape index (κ3) is 4.04. The summed E-state index contributed by atoms with van der Waals surface area (Å²) in [6, 6.07) is 10.5. The van der Waals surface area contributed by atoms with Crippen LogP contribution in [0.25, 0.3) is 0 Å². The highest BCUT2D eigenvalue weighted by molar-refractivity contribution is 7.15. The second kappa shape index (κ2) is 7.19. The summed E-state index contributed by atoms with van der Waals surface area (Å²) < 4.78 is 0. The summed E-state index contributed by atoms with van der Waals surface area (Å²) in [4.78, 5) is 37.9. The van der Waals surface area contributed by atoms with E-state index < -0.39 is 0 Å². The van der Waals surface area contributed by atoms with Gasteiger partial charge in [-0.1, -0.05) is 12.1 Å². The topological polar surface area (TPSA) is 66.5 Å². The molecule has 0 spiro atoms. The van der Waals surface area contributed by atoms with E-state index in [0.717, 1.165) is 5.56 Å². The zero-order valence-corrected chi connectivity index (χ0v) is 14.1. The van der Waals surface area contributed by atoms with Gasteiger partial charge in [-0.05, 0) is 36.8 Å². The summed E-state index contributed by atoms with van der Waals surface area (Å²) in [7, 11) is 3.29. The van der Waals surface area contributed by atoms with E-state index >= 15 is 0 Å². The average Bonchev–Trinajstić information content (AvgIpc) is 3.04. The molecule has 0 atom stereocenters. The lowest BCUT2D eigenvalue weighted by molar-refractivity contribution is 0.0789. The lowest BCUT2D eigenvalue weighted by Gasteiger charge is -2.16. The van der Waals surface area contributed by atoms with Gasteiger partial charge in [-0.15, -0.1) is 11.3 Å². The number of rotatable bonds is 5. The molecule has 0 bridgehead atoms. The summed E-state index contributed by atoms with van der Waals surface area (Å²) >= 11 is 1.20. The molecule has 2 rings (SSSR count). The van der Waals surface area contributed by atoms with Crippen LogP contribution in [0.2, 0.25) is 0 Å². The van der Waals surface area contributed by atoms with E-state index in [0.29, 0.717) is 21.9 Å². The zero-order valence-electron chi connectivity index (χ0n) is 13.3. The Bertz CT molecular complexity index is 735. The van der Waals surface area contributed by atoms with Gasteiger partial charge in [0.15, 0.2) is 5.78 Å². The van der Waals surface area contributed by atoms with E-state index in [1.54, 1.807) is 43.3 Å². The Morgan fingerprint density at radius 1 is 1.04 bits per heavy atom. The fourth-order valence-corrected chi connectivity index (χ4v) is 2.98. The summed E-state index contributed by atoms with van der Waals surface area (Å²) in [5.41, 5.74) is 1.51. The first-order valence-corrected chi connectivity index (χ1v) is 7.91. The number of ketones is 1. The Morgan fingerprint density at radius 2 is 1.65 bits per heavy atom. The van der Waals surface area contributed by atoms with Crippen molar-refractivity contribution >= 4 is 28.9 Å². The van der Waals surface area contributed by atoms with Crippen molar-refractivity contribution < 1.29 is 14.4 Å². The van der Waals surface area contributed by atoms with Crippen molar-refractivity contribution in [1.29, 1.82) is 0 Å². The van der Waals surface area contributed by atoms with E-state index in [4.69, 9.17) is 0 Å². The van der Waals surface area contributed by atoms with Gasteiger partial charge in [0.25, 0.3) is 11.8 Å². The largest absolute Gasteiger partial charge is 0.355 e. The molecule has 2 aromatic rings. The summed E-state index contributed by atoms with van der Waals surface area (Å²) in [5, 5.41) is 2.56. The normalized spacial score (nSPS) is 10.2. The van der Waals surface area contributed by atoms with Gasteiger partial charge >= 0.3 is 0 Å². The molecule has 0 fully saturated rings. The molecule has 0 saturated carbocycles. The van der Waals surface area contributed by atoms with Crippen LogP contribution < -0.4 is 5.32 Å². The number of amides is 2. The first kappa shape index (κ1) is 16.9. The van der Waals surface area contributed by atoms with Crippen LogP contribution in [-0.2, 0) is 6.54 Å². The van der Waals surface area contributed by atoms with Crippen molar-refractivity contribution in [1.82, 2.24) is 10.2 Å². The molecular formula is C17H18N2O3S. The van der Waals surface area contributed by atoms with E-state index in [1.807, 2.05) is 12.1 Å². The molecule has 0 aliphatic heterocycles. The number of hydrogen-bond acceptors (Lipinski definition) is 4. The average molecular weight is 330 g/mol. The molecule has 6 heteroatoms. The maximum absolute atomic E-state index is 12.4. The Balaban J connectivity index is 2.05. The lowest BCUT2D eigenvalue weighted by atomic mass is 10.1. The SMILES string of the molecule is CNC(=O)c1ccc(CN(C)C(=O)c2ccc(C(C)=O)s2)cc1. The molecule has 0 radical (unpaired) electrons. The van der Waals surface area contributed by atoms with Crippen molar-refractivity contribution in [2.45, 2.75) is 13.5 Å². The van der Waals surface area contributed by atoms with Crippen LogP contribution in [0.15, 0.2) is 36.4 Å². The molecule has 1 aromatic carbocycles. The number of hydrogen-bond donors (Lipinski definition) is 1. The monoisotopic (exact) mass is 330 g/mol. The van der Waals surface area contributed by atoms with Crippen LogP contribution in [0.4, 0.5) is 0 Å². The number of carbonyl (C=O) groups excluding carboxylic acids is 3. The van der Waals surface area contributed by atoms with E-state index in [-0.39, 0.29) is 17.6 Å². The highest BCUT2D eigenvalue weighted by Crippen LogP contribution is 2.19. The van der Waals surface area contributed by atoms with Crippen LogP contribution in [0.1, 0.15) is 42.2 Å². The number of carbonyl (C=O) groups is 3. The molecule has 2 amide bonds. The minimum atomic E-state index is -0.142. The highest BCUT2D eigenvalue weighted by atomic mass is 32.1. The Hall–Kier alpha value is -2.47. The van der Waals surface area contributed by atoms with E-state index in [2.05, 4.69) is 5.32 Å². The molecule has 1 heterocycles. The highest BCUT2D eigenvalue weighted by Gasteiger charge is 2.16. The van der Waals surface area contributed by atoms with Gasteiger partial charge in [0.05, 0.1) is 9.75 Å². The van der Waals surface area contributed by atoms with Gasteiger partial charge in [0.1, 0.15) is 0 Å². The van der Waals surface area contributed by atoms with Gasteiger partial charge in [-0.2, -0.15) is 0 Å². The van der Waals surface area contributed by atoms with Gasteiger partial charge in [0.2, 0.25) is 0 Å². The number of Topliss-reactive ketones (excluding diaryl/α,β-unsaturated/α-hetero) is 1. The standard InChI is InChI=1S/C17H18N2O3S/c1-11(20)14-8-9-15(23-14)17(22)19(3)10-12-4-6-13(7-5-12)16(21)18-2/h4-9H,10H2,1-3H3,(H,18,21). The maximum Gasteiger partial charge on any atom is 0.263 e. The number of nitrogens with zero attached hydrogens (tertiary/aromatic N) is 1. The molecule has 0 aliphatic carbocycles. The second-order valence-electron chi connectivity index (χ2n) is 5.16. The summed E-state index contributed by atoms with van der Waals surface area (Å²) in [5.74, 6) is -0.310. The smallest absolute Gasteiger partial charge is 0.263 e. The van der Waals surface area contributed by atoms with Crippen molar-refractivity contribution in [2.24, 2.45) is 0 Å². The number of thiophene rings is 1. The summed E-state index contributed by atoms with van der Waals surface area (Å²) in [6.45, 7) is 1.91. The molecular weight excluding hydrogens is 312 g/mol. The Labute approximate surface area is 138 Å². The van der Waals surface area contributed by atoms with Gasteiger partial charge in [0, 0.05) is 26.2 Å². The zero-order chi connectivity index (χ0) is 17.0. The first-order valence-electron chi connectivity index (χ1n) is 7.09. The predicted octanol–water partition coefficient (Wildman–Crippen LogP) is 2.58. The summed E-state index contributed by atoms with van der Waals surface area (Å²) in [6.07, 6.45) is 0. The lowest BCUT2D eigenvalue weighted by Crippen LogP contribution is -2.25. The van der Waals surface area contributed by atoms with Crippen molar-refractivity contribution in [3.8, 4) is 0 Å². The van der Waals surface area contributed by atoms with Gasteiger partial charge in [-0.3, -0.25) is 14.4 Å². The molecule has 23 heavy (non-hydrogen) atoms. The van der Waals surface area contributed by atoms with Crippen LogP contribution >= 0.6 is 11.3 Å². The molecule has 0 aliphatic rings. The maximum atomic E-state index is 12.4. The number of nitrogens with one attached hydrogen (secondary N) is 1. The first-order chi connectivity index (χ1) is 10.9. The molecule has 1 N–H and O–H groups in total. The van der Waals surface area contributed by atoms with Crippen molar-refractivity contribution in [2.75, 3.05) is 14.1 Å². The second-order valence-corrected chi connectivity index (χ2v) is 6.24. The fourth-order valence-electron chi connectivity index (χ4n) is 2.08. The molecule has 120 valence electrons. The van der Waals surface area contributed by atoms with Crippen LogP contribution in [0.5, 0.6) is 0 Å². The minimum absolute atomic E-state index is 0.0403. The van der Waals surface area contributed by atoms with Crippen LogP contribution in [-0.4, -0.2) is 36.6 Å². The fraction of sp³-hybridized carbons (Fsp3) is 0.235. The van der Waals surface area contributed by atoms with Crippen LogP contribution in [0, 0.1) is 0 Å². The van der Waals surface area contributed by atoms with Crippen molar-refractivity contribution in [3.63, 3.8) is 0 Å². The van der Waals surface area contributed by atoms with Gasteiger partial charge < -0.3 is 10.2 Å². The molecule has 5 nitrogen and oxygen atoms in total. The minimum Gasteiger partial charge on any atom is -0.355 e. The Kier molecular flexibility index (Phi) is 5.28. The Morgan fingerprint density at radius 3 is 2.17 bits per heavy atom. The molecule has 0 saturated heterocycles. The van der Waals surface area contributed by atoms with E-state index in [1.165, 1.54) is 18.3 Å². The van der Waals surface area contributed by atoms with E-state index in [9.17, 15) is 14.4 Å².